The molecule has 0 aliphatic heterocycles. The minimum absolute atomic E-state index is 0.0822. The summed E-state index contributed by atoms with van der Waals surface area (Å²) in [4.78, 5) is 21.8. The number of aliphatic carboxylic acids is 2. The predicted molar refractivity (Wildman–Crippen MR) is 55.4 cm³/mol. The second-order valence-corrected chi connectivity index (χ2v) is 5.18. The molecule has 0 aliphatic rings. The Hall–Kier alpha value is -1.10. The Labute approximate surface area is 89.3 Å². The van der Waals surface area contributed by atoms with E-state index in [9.17, 15) is 9.59 Å². The molecule has 0 saturated heterocycles. The number of hydrogen-bond donors (Lipinski definition) is 3. The zero-order chi connectivity index (χ0) is 12.4. The Bertz CT molecular complexity index is 265. The summed E-state index contributed by atoms with van der Waals surface area (Å²) in [5.74, 6) is -2.97. The van der Waals surface area contributed by atoms with Crippen LogP contribution in [0.25, 0.3) is 0 Å². The van der Waals surface area contributed by atoms with Gasteiger partial charge in [0.1, 0.15) is 5.54 Å². The molecule has 15 heavy (non-hydrogen) atoms. The summed E-state index contributed by atoms with van der Waals surface area (Å²) in [6.45, 7) is 6.59. The molecule has 2 atom stereocenters. The van der Waals surface area contributed by atoms with Crippen LogP contribution in [0.3, 0.4) is 0 Å². The Morgan fingerprint density at radius 1 is 1.20 bits per heavy atom. The molecule has 0 amide bonds. The second kappa shape index (κ2) is 4.18. The minimum atomic E-state index is -1.50. The van der Waals surface area contributed by atoms with Crippen molar-refractivity contribution in [3.63, 3.8) is 0 Å². The SMILES string of the molecule is CC(C)(C)C(C[C@](C)(N)C(=O)O)C(=O)O. The third-order valence-electron chi connectivity index (χ3n) is 2.46. The lowest BCUT2D eigenvalue weighted by atomic mass is 9.74. The highest BCUT2D eigenvalue weighted by Gasteiger charge is 2.40. The number of rotatable bonds is 4. The maximum absolute atomic E-state index is 11.0. The van der Waals surface area contributed by atoms with Gasteiger partial charge in [-0.1, -0.05) is 20.8 Å². The molecule has 0 rings (SSSR count). The molecular weight excluding hydrogens is 198 g/mol. The van der Waals surface area contributed by atoms with Gasteiger partial charge in [0, 0.05) is 0 Å². The molecule has 1 unspecified atom stereocenters. The van der Waals surface area contributed by atoms with Crippen molar-refractivity contribution >= 4 is 11.9 Å². The second-order valence-electron chi connectivity index (χ2n) is 5.18. The highest BCUT2D eigenvalue weighted by molar-refractivity contribution is 5.79. The fourth-order valence-electron chi connectivity index (χ4n) is 1.28. The van der Waals surface area contributed by atoms with Crippen LogP contribution in [0.4, 0.5) is 0 Å². The van der Waals surface area contributed by atoms with Crippen LogP contribution in [0.15, 0.2) is 0 Å². The maximum atomic E-state index is 11.0. The van der Waals surface area contributed by atoms with Gasteiger partial charge >= 0.3 is 11.9 Å². The smallest absolute Gasteiger partial charge is 0.323 e. The number of carboxylic acids is 2. The fraction of sp³-hybridized carbons (Fsp3) is 0.800. The van der Waals surface area contributed by atoms with Crippen molar-refractivity contribution in [1.29, 1.82) is 0 Å². The third-order valence-corrected chi connectivity index (χ3v) is 2.46. The van der Waals surface area contributed by atoms with Gasteiger partial charge in [-0.3, -0.25) is 9.59 Å². The lowest BCUT2D eigenvalue weighted by molar-refractivity contribution is -0.149. The van der Waals surface area contributed by atoms with Gasteiger partial charge in [-0.25, -0.2) is 0 Å². The van der Waals surface area contributed by atoms with Crippen molar-refractivity contribution < 1.29 is 19.8 Å². The first-order valence-corrected chi connectivity index (χ1v) is 4.73. The zero-order valence-electron chi connectivity index (χ0n) is 9.57. The van der Waals surface area contributed by atoms with Gasteiger partial charge in [-0.2, -0.15) is 0 Å². The van der Waals surface area contributed by atoms with Gasteiger partial charge in [0.2, 0.25) is 0 Å². The molecule has 0 spiro atoms. The van der Waals surface area contributed by atoms with Gasteiger partial charge in [0.25, 0.3) is 0 Å². The first-order valence-electron chi connectivity index (χ1n) is 4.73. The largest absolute Gasteiger partial charge is 0.481 e. The number of carbonyl (C=O) groups is 2. The third kappa shape index (κ3) is 3.87. The van der Waals surface area contributed by atoms with Crippen molar-refractivity contribution in [2.24, 2.45) is 17.1 Å². The van der Waals surface area contributed by atoms with Crippen LogP contribution >= 0.6 is 0 Å². The van der Waals surface area contributed by atoms with Gasteiger partial charge < -0.3 is 15.9 Å². The van der Waals surface area contributed by atoms with Gasteiger partial charge in [-0.15, -0.1) is 0 Å². The van der Waals surface area contributed by atoms with Crippen LogP contribution < -0.4 is 5.73 Å². The fourth-order valence-corrected chi connectivity index (χ4v) is 1.28. The van der Waals surface area contributed by atoms with Gasteiger partial charge in [0.15, 0.2) is 0 Å². The molecule has 0 aliphatic carbocycles. The molecule has 5 heteroatoms. The summed E-state index contributed by atoms with van der Waals surface area (Å²) in [7, 11) is 0. The Morgan fingerprint density at radius 2 is 1.60 bits per heavy atom. The highest BCUT2D eigenvalue weighted by atomic mass is 16.4. The first-order chi connectivity index (χ1) is 6.48. The molecule has 4 N–H and O–H groups in total. The van der Waals surface area contributed by atoms with E-state index in [1.807, 2.05) is 0 Å². The van der Waals surface area contributed by atoms with E-state index < -0.39 is 28.8 Å². The molecule has 0 aromatic rings. The topological polar surface area (TPSA) is 101 Å². The van der Waals surface area contributed by atoms with Crippen LogP contribution in [0.2, 0.25) is 0 Å². The summed E-state index contributed by atoms with van der Waals surface area (Å²) in [5, 5.41) is 17.8. The average Bonchev–Trinajstić information content (AvgIpc) is 1.97. The van der Waals surface area contributed by atoms with Crippen LogP contribution in [0.5, 0.6) is 0 Å². The van der Waals surface area contributed by atoms with Crippen molar-refractivity contribution in [2.45, 2.75) is 39.7 Å². The minimum Gasteiger partial charge on any atom is -0.481 e. The molecule has 0 fully saturated rings. The van der Waals surface area contributed by atoms with Crippen LogP contribution in [-0.4, -0.2) is 27.7 Å². The molecule has 0 saturated carbocycles. The number of carboxylic acid groups (broad SMARTS) is 2. The summed E-state index contributed by atoms with van der Waals surface area (Å²) in [5.41, 5.74) is 3.52. The highest BCUT2D eigenvalue weighted by Crippen LogP contribution is 2.32. The Kier molecular flexibility index (Phi) is 3.88. The van der Waals surface area contributed by atoms with E-state index in [-0.39, 0.29) is 6.42 Å². The van der Waals surface area contributed by atoms with E-state index in [2.05, 4.69) is 0 Å². The Morgan fingerprint density at radius 3 is 1.80 bits per heavy atom. The van der Waals surface area contributed by atoms with E-state index >= 15 is 0 Å². The predicted octanol–water partition coefficient (Wildman–Crippen LogP) is 0.925. The molecule has 5 nitrogen and oxygen atoms in total. The summed E-state index contributed by atoms with van der Waals surface area (Å²) in [6.07, 6.45) is -0.0822. The maximum Gasteiger partial charge on any atom is 0.323 e. The average molecular weight is 217 g/mol. The van der Waals surface area contributed by atoms with Crippen molar-refractivity contribution in [2.75, 3.05) is 0 Å². The van der Waals surface area contributed by atoms with Gasteiger partial charge in [0.05, 0.1) is 5.92 Å². The van der Waals surface area contributed by atoms with E-state index in [1.165, 1.54) is 6.92 Å². The van der Waals surface area contributed by atoms with Crippen molar-refractivity contribution in [3.8, 4) is 0 Å². The molecule has 88 valence electrons. The lowest BCUT2D eigenvalue weighted by Gasteiger charge is -2.32. The standard InChI is InChI=1S/C10H19NO4/c1-9(2,3)6(7(12)13)5-10(4,11)8(14)15/h6H,5,11H2,1-4H3,(H,12,13)(H,14,15)/t6?,10-/m0/s1. The summed E-state index contributed by atoms with van der Waals surface area (Å²) >= 11 is 0. The zero-order valence-corrected chi connectivity index (χ0v) is 9.57. The van der Waals surface area contributed by atoms with Crippen LogP contribution in [0.1, 0.15) is 34.1 Å². The lowest BCUT2D eigenvalue weighted by Crippen LogP contribution is -2.49. The van der Waals surface area contributed by atoms with E-state index in [0.717, 1.165) is 0 Å². The molecular formula is C10H19NO4. The number of hydrogen-bond acceptors (Lipinski definition) is 3. The molecule has 0 aromatic carbocycles. The molecule has 0 bridgehead atoms. The van der Waals surface area contributed by atoms with Crippen LogP contribution in [-0.2, 0) is 9.59 Å². The number of nitrogens with two attached hydrogens (primary N) is 1. The normalized spacial score (nSPS) is 17.9. The first kappa shape index (κ1) is 13.9. The quantitative estimate of drug-likeness (QED) is 0.650. The monoisotopic (exact) mass is 217 g/mol. The van der Waals surface area contributed by atoms with E-state index in [1.54, 1.807) is 20.8 Å². The molecule has 0 radical (unpaired) electrons. The van der Waals surface area contributed by atoms with Crippen molar-refractivity contribution in [1.82, 2.24) is 0 Å². The van der Waals surface area contributed by atoms with E-state index in [0.29, 0.717) is 0 Å². The summed E-state index contributed by atoms with van der Waals surface area (Å²) < 4.78 is 0. The molecule has 0 heterocycles. The summed E-state index contributed by atoms with van der Waals surface area (Å²) in [6, 6.07) is 0. The van der Waals surface area contributed by atoms with Crippen LogP contribution in [0, 0.1) is 11.3 Å². The van der Waals surface area contributed by atoms with Gasteiger partial charge in [-0.05, 0) is 18.8 Å². The van der Waals surface area contributed by atoms with Crippen molar-refractivity contribution in [3.05, 3.63) is 0 Å². The van der Waals surface area contributed by atoms with E-state index in [4.69, 9.17) is 15.9 Å². The molecule has 0 aromatic heterocycles. The Balaban J connectivity index is 4.87.